The molecule has 5 amide bonds. The Morgan fingerprint density at radius 2 is 1.75 bits per heavy atom. The van der Waals surface area contributed by atoms with Crippen LogP contribution in [0.1, 0.15) is 59.1 Å². The van der Waals surface area contributed by atoms with Gasteiger partial charge in [0.2, 0.25) is 11.8 Å². The SMILES string of the molecule is C=C(C)C1NC(=O)C(NC)C(O)c2cc(Cl)c(O)c(c2)OC(C)(CC)C(C(=O)N2CC=CC2C(=O)N/C(C(=O)N/C(=C/C(=O)O)C(=O)O)=C(\C)CC)NC1=O. The van der Waals surface area contributed by atoms with Crippen molar-refractivity contribution in [1.82, 2.24) is 31.5 Å². The highest BCUT2D eigenvalue weighted by atomic mass is 35.5. The number of aliphatic hydroxyl groups excluding tert-OH is 1. The van der Waals surface area contributed by atoms with Crippen LogP contribution in [0.2, 0.25) is 5.02 Å². The monoisotopic (exact) mass is 788 g/mol. The number of hydrogen-bond donors (Lipinski definition) is 9. The highest BCUT2D eigenvalue weighted by Gasteiger charge is 2.47. The van der Waals surface area contributed by atoms with Crippen LogP contribution in [0.15, 0.2) is 59.5 Å². The van der Waals surface area contributed by atoms with Crippen molar-refractivity contribution < 1.29 is 58.7 Å². The number of phenols is 1. The lowest BCUT2D eigenvalue weighted by molar-refractivity contribution is -0.146. The minimum atomic E-state index is -1.75. The molecule has 0 saturated heterocycles. The number of fused-ring (bicyclic) bond motifs is 2. The maximum atomic E-state index is 14.7. The zero-order chi connectivity index (χ0) is 41.5. The summed E-state index contributed by atoms with van der Waals surface area (Å²) in [5, 5.41) is 52.6. The molecule has 3 rings (SSSR count). The number of hydrogen-bond acceptors (Lipinski definition) is 11. The average molecular weight is 789 g/mol. The molecular formula is C36H45ClN6O12. The van der Waals surface area contributed by atoms with Crippen molar-refractivity contribution in [3.05, 3.63) is 70.1 Å². The number of nitrogens with one attached hydrogen (secondary N) is 5. The number of nitrogens with zero attached hydrogens (tertiary/aromatic N) is 1. The van der Waals surface area contributed by atoms with Crippen molar-refractivity contribution in [2.24, 2.45) is 0 Å². The standard InChI is InChI=1S/C36H45ClN6O12/c1-8-17(5)25(32(50)39-20(35(53)54)15-23(44)45)41-30(48)21-11-10-12-43(21)34(52)29-36(6,9-2)55-22-14-18(13-19(37)28(22)47)27(46)26(38-7)33(51)40-24(16(3)4)31(49)42-29/h10-11,13-15,21,24,26-27,29,38,46-47H,3,8-9,12H2,1-2,4-7H3,(H,39,50)(H,40,51)(H,41,48)(H,42,49)(H,44,45)(H,53,54)/b20-15+,25-17+. The van der Waals surface area contributed by atoms with E-state index in [9.17, 15) is 48.9 Å². The summed E-state index contributed by atoms with van der Waals surface area (Å²) in [6.07, 6.45) is 1.71. The van der Waals surface area contributed by atoms with Crippen LogP contribution < -0.4 is 31.3 Å². The van der Waals surface area contributed by atoms with Crippen LogP contribution >= 0.6 is 11.6 Å². The molecule has 1 aromatic rings. The number of ether oxygens (including phenoxy) is 1. The predicted octanol–water partition coefficient (Wildman–Crippen LogP) is 0.510. The average Bonchev–Trinajstić information content (AvgIpc) is 3.62. The number of allylic oxidation sites excluding steroid dienone is 1. The van der Waals surface area contributed by atoms with Crippen LogP contribution in [-0.2, 0) is 33.6 Å². The quantitative estimate of drug-likeness (QED) is 0.109. The van der Waals surface area contributed by atoms with E-state index in [-0.39, 0.29) is 52.9 Å². The topological polar surface area (TPSA) is 273 Å². The van der Waals surface area contributed by atoms with Gasteiger partial charge in [0.05, 0.1) is 11.1 Å². The number of benzene rings is 1. The summed E-state index contributed by atoms with van der Waals surface area (Å²) >= 11 is 6.33. The third-order valence-electron chi connectivity index (χ3n) is 9.22. The van der Waals surface area contributed by atoms with E-state index in [4.69, 9.17) is 21.4 Å². The number of carboxylic acid groups (broad SMARTS) is 2. The van der Waals surface area contributed by atoms with Crippen molar-refractivity contribution in [2.45, 2.75) is 83.3 Å². The number of carbonyl (C=O) groups is 7. The first-order chi connectivity index (χ1) is 25.7. The summed E-state index contributed by atoms with van der Waals surface area (Å²) in [6.45, 7) is 11.3. The van der Waals surface area contributed by atoms with E-state index in [0.29, 0.717) is 0 Å². The van der Waals surface area contributed by atoms with Gasteiger partial charge < -0.3 is 56.6 Å². The van der Waals surface area contributed by atoms with Crippen LogP contribution in [0, 0.1) is 0 Å². The second-order valence-electron chi connectivity index (χ2n) is 13.1. The van der Waals surface area contributed by atoms with E-state index in [0.717, 1.165) is 4.90 Å². The Hall–Kier alpha value is -5.72. The molecule has 18 nitrogen and oxygen atoms in total. The lowest BCUT2D eigenvalue weighted by Crippen LogP contribution is -2.65. The molecule has 6 atom stereocenters. The molecule has 1 aromatic carbocycles. The molecule has 19 heteroatoms. The van der Waals surface area contributed by atoms with E-state index in [1.165, 1.54) is 52.1 Å². The van der Waals surface area contributed by atoms with Crippen LogP contribution in [-0.4, -0.2) is 110 Å². The molecule has 298 valence electrons. The van der Waals surface area contributed by atoms with Gasteiger partial charge in [0, 0.05) is 6.54 Å². The molecule has 6 unspecified atom stereocenters. The molecule has 0 spiro atoms. The minimum absolute atomic E-state index is 0.0204. The zero-order valence-corrected chi connectivity index (χ0v) is 31.7. The van der Waals surface area contributed by atoms with Crippen LogP contribution in [0.25, 0.3) is 0 Å². The largest absolute Gasteiger partial charge is 0.503 e. The number of carboxylic acids is 2. The molecule has 2 heterocycles. The molecule has 0 saturated carbocycles. The summed E-state index contributed by atoms with van der Waals surface area (Å²) in [4.78, 5) is 92.9. The normalized spacial score (nSPS) is 24.8. The Bertz CT molecular complexity index is 1880. The molecule has 2 aliphatic heterocycles. The summed E-state index contributed by atoms with van der Waals surface area (Å²) in [7, 11) is 1.40. The number of amides is 5. The lowest BCUT2D eigenvalue weighted by atomic mass is 9.90. The maximum Gasteiger partial charge on any atom is 0.352 e. The highest BCUT2D eigenvalue weighted by Crippen LogP contribution is 2.41. The summed E-state index contributed by atoms with van der Waals surface area (Å²) in [5.41, 5.74) is -2.62. The number of carbonyl (C=O) groups excluding carboxylic acids is 5. The number of aliphatic hydroxyl groups is 1. The Labute approximate surface area is 321 Å². The fourth-order valence-electron chi connectivity index (χ4n) is 5.73. The molecule has 0 radical (unpaired) electrons. The number of halogens is 1. The van der Waals surface area contributed by atoms with Crippen LogP contribution in [0.5, 0.6) is 11.5 Å². The van der Waals surface area contributed by atoms with E-state index >= 15 is 0 Å². The summed E-state index contributed by atoms with van der Waals surface area (Å²) < 4.78 is 6.29. The number of aromatic hydroxyl groups is 1. The van der Waals surface area contributed by atoms with Gasteiger partial charge in [0.15, 0.2) is 11.5 Å². The van der Waals surface area contributed by atoms with Crippen molar-refractivity contribution in [3.63, 3.8) is 0 Å². The van der Waals surface area contributed by atoms with Crippen molar-refractivity contribution >= 4 is 53.1 Å². The van der Waals surface area contributed by atoms with E-state index < -0.39 is 94.5 Å². The fraction of sp³-hybridized carbons (Fsp3) is 0.417. The number of phenolic OH excluding ortho intramolecular Hbond substituents is 1. The molecule has 9 N–H and O–H groups in total. The zero-order valence-electron chi connectivity index (χ0n) is 31.0. The van der Waals surface area contributed by atoms with Crippen molar-refractivity contribution in [1.29, 1.82) is 0 Å². The molecule has 0 fully saturated rings. The fourth-order valence-corrected chi connectivity index (χ4v) is 5.95. The Morgan fingerprint density at radius 3 is 2.29 bits per heavy atom. The highest BCUT2D eigenvalue weighted by molar-refractivity contribution is 6.32. The number of rotatable bonds is 11. The van der Waals surface area contributed by atoms with Crippen LogP contribution in [0.3, 0.4) is 0 Å². The number of aliphatic carboxylic acids is 2. The second kappa shape index (κ2) is 18.1. The third-order valence-corrected chi connectivity index (χ3v) is 9.51. The predicted molar refractivity (Wildman–Crippen MR) is 196 cm³/mol. The molecule has 0 aliphatic carbocycles. The van der Waals surface area contributed by atoms with Crippen LogP contribution in [0.4, 0.5) is 0 Å². The Morgan fingerprint density at radius 1 is 1.09 bits per heavy atom. The third kappa shape index (κ3) is 9.88. The van der Waals surface area contributed by atoms with Crippen molar-refractivity contribution in [2.75, 3.05) is 13.6 Å². The van der Waals surface area contributed by atoms with E-state index in [1.54, 1.807) is 13.8 Å². The van der Waals surface area contributed by atoms with Gasteiger partial charge in [-0.25, -0.2) is 9.59 Å². The number of likely N-dealkylation sites (N-methyl/N-ethyl adjacent to an activating group) is 1. The van der Waals surface area contributed by atoms with E-state index in [2.05, 4.69) is 27.8 Å². The van der Waals surface area contributed by atoms with Gasteiger partial charge in [0.1, 0.15) is 47.3 Å². The summed E-state index contributed by atoms with van der Waals surface area (Å²) in [6, 6.07) is -3.37. The van der Waals surface area contributed by atoms with Gasteiger partial charge >= 0.3 is 11.9 Å². The molecule has 2 aliphatic rings. The molecule has 55 heavy (non-hydrogen) atoms. The second-order valence-corrected chi connectivity index (χ2v) is 13.5. The van der Waals surface area contributed by atoms with Gasteiger partial charge in [-0.1, -0.05) is 44.2 Å². The van der Waals surface area contributed by atoms with Gasteiger partial charge in [0.25, 0.3) is 17.7 Å². The Balaban J connectivity index is 2.11. The van der Waals surface area contributed by atoms with Crippen molar-refractivity contribution in [3.8, 4) is 11.5 Å². The van der Waals surface area contributed by atoms with Gasteiger partial charge in [-0.2, -0.15) is 0 Å². The minimum Gasteiger partial charge on any atom is -0.503 e. The summed E-state index contributed by atoms with van der Waals surface area (Å²) in [5.74, 6) is -8.94. The maximum absolute atomic E-state index is 14.7. The first kappa shape index (κ1) is 43.7. The van der Waals surface area contributed by atoms with Gasteiger partial charge in [-0.05, 0) is 69.5 Å². The molecule has 2 bridgehead atoms. The molecule has 0 aromatic heterocycles. The Kier molecular flexibility index (Phi) is 14.4. The van der Waals surface area contributed by atoms with Gasteiger partial charge in [-0.3, -0.25) is 24.0 Å². The first-order valence-corrected chi connectivity index (χ1v) is 17.4. The van der Waals surface area contributed by atoms with Gasteiger partial charge in [-0.15, -0.1) is 0 Å². The lowest BCUT2D eigenvalue weighted by Gasteiger charge is -2.40. The van der Waals surface area contributed by atoms with E-state index in [1.807, 2.05) is 5.32 Å². The smallest absolute Gasteiger partial charge is 0.352 e. The molecular weight excluding hydrogens is 744 g/mol. The first-order valence-electron chi connectivity index (χ1n) is 17.0.